The van der Waals surface area contributed by atoms with Crippen LogP contribution in [0.2, 0.25) is 0 Å². The molecule has 0 aliphatic heterocycles. The van der Waals surface area contributed by atoms with E-state index in [9.17, 15) is 0 Å². The van der Waals surface area contributed by atoms with Gasteiger partial charge in [0.05, 0.1) is 0 Å². The van der Waals surface area contributed by atoms with E-state index in [1.54, 1.807) is 0 Å². The highest BCUT2D eigenvalue weighted by molar-refractivity contribution is 5.49. The summed E-state index contributed by atoms with van der Waals surface area (Å²) in [5.74, 6) is 1.23. The number of hydrogen-bond acceptors (Lipinski definition) is 0. The Labute approximate surface area is 270 Å². The maximum absolute atomic E-state index is 2.48. The van der Waals surface area contributed by atoms with Crippen LogP contribution >= 0.6 is 0 Å². The molecule has 6 aromatic rings. The minimum atomic E-state index is 0.288. The summed E-state index contributed by atoms with van der Waals surface area (Å²) in [5.41, 5.74) is 13.8. The van der Waals surface area contributed by atoms with Gasteiger partial charge in [0.15, 0.2) is 0 Å². The first kappa shape index (κ1) is 30.4. The molecule has 0 fully saturated rings. The lowest BCUT2D eigenvalue weighted by atomic mass is 9.80. The predicted octanol–water partition coefficient (Wildman–Crippen LogP) is 11.9. The summed E-state index contributed by atoms with van der Waals surface area (Å²) in [7, 11) is 0. The molecular weight excluding hydrogens is 540 g/mol. The van der Waals surface area contributed by atoms with Gasteiger partial charge in [-0.1, -0.05) is 185 Å². The number of hydrogen-bond donors (Lipinski definition) is 0. The van der Waals surface area contributed by atoms with Gasteiger partial charge in [-0.15, -0.1) is 0 Å². The van der Waals surface area contributed by atoms with Crippen LogP contribution in [0, 0.1) is 0 Å². The van der Waals surface area contributed by atoms with Gasteiger partial charge in [-0.25, -0.2) is 0 Å². The summed E-state index contributed by atoms with van der Waals surface area (Å²) in [5, 5.41) is 0. The van der Waals surface area contributed by atoms with Crippen molar-refractivity contribution < 1.29 is 0 Å². The zero-order chi connectivity index (χ0) is 31.2. The molecule has 0 amide bonds. The van der Waals surface area contributed by atoms with Gasteiger partial charge in [-0.05, 0) is 62.1 Å². The second-order valence-corrected chi connectivity index (χ2v) is 12.6. The van der Waals surface area contributed by atoms with Gasteiger partial charge < -0.3 is 0 Å². The van der Waals surface area contributed by atoms with E-state index in [1.165, 1.54) is 55.6 Å². The molecule has 0 radical (unpaired) electrons. The third kappa shape index (κ3) is 6.86. The van der Waals surface area contributed by atoms with Crippen molar-refractivity contribution in [1.29, 1.82) is 0 Å². The largest absolute Gasteiger partial charge is 0.0622 e. The summed E-state index contributed by atoms with van der Waals surface area (Å²) >= 11 is 0. The van der Waals surface area contributed by atoms with Gasteiger partial charge in [0, 0.05) is 23.7 Å². The fourth-order valence-electron chi connectivity index (χ4n) is 6.81. The van der Waals surface area contributed by atoms with E-state index in [0.29, 0.717) is 11.8 Å². The molecule has 4 unspecified atom stereocenters. The van der Waals surface area contributed by atoms with Crippen molar-refractivity contribution in [2.24, 2.45) is 0 Å². The van der Waals surface area contributed by atoms with Crippen LogP contribution in [0.25, 0.3) is 0 Å². The van der Waals surface area contributed by atoms with Crippen molar-refractivity contribution in [2.75, 3.05) is 0 Å². The summed E-state index contributed by atoms with van der Waals surface area (Å²) < 4.78 is 0. The third-order valence-electron chi connectivity index (χ3n) is 9.85. The Bertz CT molecular complexity index is 1670. The summed E-state index contributed by atoms with van der Waals surface area (Å²) in [6, 6.07) is 58.2. The molecule has 0 aromatic heterocycles. The second kappa shape index (κ2) is 14.0. The highest BCUT2D eigenvalue weighted by Gasteiger charge is 2.21. The van der Waals surface area contributed by atoms with Crippen molar-refractivity contribution >= 4 is 0 Å². The molecule has 45 heavy (non-hydrogen) atoms. The van der Waals surface area contributed by atoms with Gasteiger partial charge in [0.1, 0.15) is 0 Å². The van der Waals surface area contributed by atoms with E-state index in [-0.39, 0.29) is 11.8 Å². The Balaban J connectivity index is 1.43. The summed E-state index contributed by atoms with van der Waals surface area (Å²) in [4.78, 5) is 0. The van der Waals surface area contributed by atoms with Crippen LogP contribution in [-0.2, 0) is 6.42 Å². The molecule has 0 aliphatic carbocycles. The van der Waals surface area contributed by atoms with E-state index in [0.717, 1.165) is 6.42 Å². The van der Waals surface area contributed by atoms with Crippen LogP contribution in [0.3, 0.4) is 0 Å². The third-order valence-corrected chi connectivity index (χ3v) is 9.85. The maximum atomic E-state index is 2.48. The fourth-order valence-corrected chi connectivity index (χ4v) is 6.81. The minimum absolute atomic E-state index is 0.288. The Kier molecular flexibility index (Phi) is 9.41. The molecule has 224 valence electrons. The first-order valence-corrected chi connectivity index (χ1v) is 16.4. The van der Waals surface area contributed by atoms with Crippen LogP contribution in [0.4, 0.5) is 0 Å². The normalized spacial score (nSPS) is 14.0. The van der Waals surface area contributed by atoms with Crippen molar-refractivity contribution in [2.45, 2.75) is 57.8 Å². The summed E-state index contributed by atoms with van der Waals surface area (Å²) in [6.45, 7) is 9.38. The average Bonchev–Trinajstić information content (AvgIpc) is 3.12. The Morgan fingerprint density at radius 3 is 0.911 bits per heavy atom. The van der Waals surface area contributed by atoms with Crippen molar-refractivity contribution in [1.82, 2.24) is 0 Å². The molecule has 0 saturated carbocycles. The summed E-state index contributed by atoms with van der Waals surface area (Å²) in [6.07, 6.45) is 0.902. The van der Waals surface area contributed by atoms with E-state index in [2.05, 4.69) is 185 Å². The van der Waals surface area contributed by atoms with Crippen LogP contribution in [0.1, 0.15) is 107 Å². The Hall–Kier alpha value is -4.68. The molecule has 4 atom stereocenters. The number of rotatable bonds is 10. The standard InChI is InChI=1S/C45H44/c1-32(36-17-9-5-10-18-36)40-25-27-42(44(30-40)34(3)38-21-13-7-14-22-38)29-43-28-26-41(33(2)37-19-11-6-12-20-37)31-45(43)35(4)39-23-15-8-16-24-39/h5-28,30-35H,29H2,1-4H3. The second-order valence-electron chi connectivity index (χ2n) is 12.6. The zero-order valence-electron chi connectivity index (χ0n) is 27.0. The minimum Gasteiger partial charge on any atom is -0.0622 e. The fraction of sp³-hybridized carbons (Fsp3) is 0.200. The molecule has 0 spiro atoms. The molecular formula is C45H44. The zero-order valence-corrected chi connectivity index (χ0v) is 27.0. The molecule has 0 saturated heterocycles. The first-order valence-electron chi connectivity index (χ1n) is 16.4. The van der Waals surface area contributed by atoms with E-state index < -0.39 is 0 Å². The van der Waals surface area contributed by atoms with E-state index in [4.69, 9.17) is 0 Å². The maximum Gasteiger partial charge on any atom is 0.00639 e. The van der Waals surface area contributed by atoms with Crippen molar-refractivity contribution in [3.63, 3.8) is 0 Å². The van der Waals surface area contributed by atoms with Crippen molar-refractivity contribution in [3.8, 4) is 0 Å². The molecule has 0 N–H and O–H groups in total. The average molecular weight is 585 g/mol. The molecule has 0 bridgehead atoms. The molecule has 6 rings (SSSR count). The lowest BCUT2D eigenvalue weighted by molar-refractivity contribution is 0.853. The lowest BCUT2D eigenvalue weighted by Gasteiger charge is -2.24. The van der Waals surface area contributed by atoms with Gasteiger partial charge in [0.25, 0.3) is 0 Å². The predicted molar refractivity (Wildman–Crippen MR) is 192 cm³/mol. The highest BCUT2D eigenvalue weighted by atomic mass is 14.2. The smallest absolute Gasteiger partial charge is 0.00639 e. The van der Waals surface area contributed by atoms with Crippen LogP contribution < -0.4 is 0 Å². The van der Waals surface area contributed by atoms with E-state index in [1.807, 2.05) is 0 Å². The topological polar surface area (TPSA) is 0 Å². The van der Waals surface area contributed by atoms with Crippen LogP contribution in [0.15, 0.2) is 158 Å². The molecule has 0 nitrogen and oxygen atoms in total. The monoisotopic (exact) mass is 584 g/mol. The molecule has 0 heterocycles. The van der Waals surface area contributed by atoms with Gasteiger partial charge in [-0.2, -0.15) is 0 Å². The SMILES string of the molecule is CC(c1ccccc1)c1ccc(Cc2ccc(C(C)c3ccccc3)cc2C(C)c2ccccc2)c(C(C)c2ccccc2)c1. The molecule has 0 aliphatic rings. The van der Waals surface area contributed by atoms with Crippen molar-refractivity contribution in [3.05, 3.63) is 213 Å². The van der Waals surface area contributed by atoms with Gasteiger partial charge in [0.2, 0.25) is 0 Å². The van der Waals surface area contributed by atoms with Gasteiger partial charge >= 0.3 is 0 Å². The molecule has 6 aromatic carbocycles. The van der Waals surface area contributed by atoms with Crippen LogP contribution in [-0.4, -0.2) is 0 Å². The van der Waals surface area contributed by atoms with E-state index >= 15 is 0 Å². The first-order chi connectivity index (χ1) is 22.0. The highest BCUT2D eigenvalue weighted by Crippen LogP contribution is 2.37. The Morgan fingerprint density at radius 2 is 0.600 bits per heavy atom. The Morgan fingerprint density at radius 1 is 0.311 bits per heavy atom. The molecule has 0 heteroatoms. The van der Waals surface area contributed by atoms with Crippen LogP contribution in [0.5, 0.6) is 0 Å². The number of benzene rings is 6. The quantitative estimate of drug-likeness (QED) is 0.150. The van der Waals surface area contributed by atoms with Gasteiger partial charge in [-0.3, -0.25) is 0 Å². The lowest BCUT2D eigenvalue weighted by Crippen LogP contribution is -2.08.